The molecule has 8 heteroatoms. The van der Waals surface area contributed by atoms with Crippen LogP contribution in [-0.4, -0.2) is 42.1 Å². The third-order valence-electron chi connectivity index (χ3n) is 8.67. The lowest BCUT2D eigenvalue weighted by Gasteiger charge is -2.05. The summed E-state index contributed by atoms with van der Waals surface area (Å²) in [7, 11) is 0. The fourth-order valence-corrected chi connectivity index (χ4v) is 6.59. The highest BCUT2D eigenvalue weighted by molar-refractivity contribution is 5.88. The Morgan fingerprint density at radius 2 is 0.775 bits per heavy atom. The largest absolute Gasteiger partial charge is 0.477 e. The molecule has 0 radical (unpaired) electrons. The molecule has 4 aromatic rings. The number of H-pyrrole nitrogens is 4. The predicted molar refractivity (Wildman–Crippen MR) is 158 cm³/mol. The summed E-state index contributed by atoms with van der Waals surface area (Å²) >= 11 is 0. The zero-order valence-corrected chi connectivity index (χ0v) is 25.0. The molecule has 0 saturated heterocycles. The lowest BCUT2D eigenvalue weighted by atomic mass is 9.99. The summed E-state index contributed by atoms with van der Waals surface area (Å²) in [5.74, 6) is -1.86. The number of hydrogen-bond donors (Lipinski definition) is 6. The second kappa shape index (κ2) is 11.3. The normalized spacial score (nSPS) is 11.5. The molecule has 0 aromatic carbocycles. The van der Waals surface area contributed by atoms with E-state index in [1.54, 1.807) is 0 Å². The van der Waals surface area contributed by atoms with Gasteiger partial charge in [-0.2, -0.15) is 0 Å². The monoisotopic (exact) mass is 546 g/mol. The maximum atomic E-state index is 11.8. The predicted octanol–water partition coefficient (Wildman–Crippen LogP) is 6.73. The summed E-state index contributed by atoms with van der Waals surface area (Å²) in [5.41, 5.74) is 15.3. The fourth-order valence-electron chi connectivity index (χ4n) is 6.59. The molecule has 214 valence electrons. The minimum absolute atomic E-state index is 0.267. The molecule has 4 rings (SSSR count). The topological polar surface area (TPSA) is 138 Å². The molecule has 6 N–H and O–H groups in total. The average Bonchev–Trinajstić information content (AvgIpc) is 3.60. The molecule has 0 aliphatic rings. The van der Waals surface area contributed by atoms with Crippen molar-refractivity contribution in [2.75, 3.05) is 0 Å². The van der Waals surface area contributed by atoms with E-state index >= 15 is 0 Å². The van der Waals surface area contributed by atoms with Gasteiger partial charge in [0, 0.05) is 35.6 Å². The van der Waals surface area contributed by atoms with Crippen LogP contribution in [0.5, 0.6) is 0 Å². The molecule has 0 bridgehead atoms. The molecule has 0 unspecified atom stereocenters. The molecule has 4 aromatic heterocycles. The van der Waals surface area contributed by atoms with Crippen LogP contribution in [0.15, 0.2) is 0 Å². The second-order valence-corrected chi connectivity index (χ2v) is 10.7. The van der Waals surface area contributed by atoms with E-state index in [2.05, 4.69) is 61.5 Å². The van der Waals surface area contributed by atoms with Gasteiger partial charge < -0.3 is 30.1 Å². The second-order valence-electron chi connectivity index (χ2n) is 10.7. The third kappa shape index (κ3) is 4.80. The van der Waals surface area contributed by atoms with Crippen molar-refractivity contribution >= 4 is 11.9 Å². The van der Waals surface area contributed by atoms with Crippen LogP contribution in [0.4, 0.5) is 0 Å². The van der Waals surface area contributed by atoms with Gasteiger partial charge in [-0.25, -0.2) is 9.59 Å². The highest BCUT2D eigenvalue weighted by Gasteiger charge is 2.24. The first-order valence-electron chi connectivity index (χ1n) is 14.3. The number of hydrogen-bond acceptors (Lipinski definition) is 2. The van der Waals surface area contributed by atoms with Gasteiger partial charge in [0.1, 0.15) is 11.4 Å². The molecule has 0 aliphatic carbocycles. The van der Waals surface area contributed by atoms with Gasteiger partial charge in [-0.05, 0) is 97.9 Å². The Balaban J connectivity index is 1.78. The Labute approximate surface area is 235 Å². The number of carboxylic acids is 2. The summed E-state index contributed by atoms with van der Waals surface area (Å²) < 4.78 is 0. The highest BCUT2D eigenvalue weighted by atomic mass is 16.4. The van der Waals surface area contributed by atoms with Crippen LogP contribution >= 0.6 is 0 Å². The number of aromatic nitrogens is 4. The Morgan fingerprint density at radius 1 is 0.500 bits per heavy atom. The molecule has 40 heavy (non-hydrogen) atoms. The van der Waals surface area contributed by atoms with Crippen molar-refractivity contribution in [3.8, 4) is 11.4 Å². The van der Waals surface area contributed by atoms with E-state index < -0.39 is 11.9 Å². The van der Waals surface area contributed by atoms with Crippen LogP contribution in [0.3, 0.4) is 0 Å². The summed E-state index contributed by atoms with van der Waals surface area (Å²) in [6, 6.07) is 0. The standard InChI is InChI=1S/C32H42N4O4/c1-9-19-15(5)27(33-23(19)13-25-21(11-3)17(7)29(35-25)31(37)38)28-16(6)20(10-2)24(34-28)14-26-22(12-4)18(8)30(36-26)32(39)40/h33-36H,9-14H2,1-8H3,(H,37,38)(H,39,40). The van der Waals surface area contributed by atoms with Crippen molar-refractivity contribution < 1.29 is 19.8 Å². The lowest BCUT2D eigenvalue weighted by molar-refractivity contribution is 0.0679. The third-order valence-corrected chi connectivity index (χ3v) is 8.67. The van der Waals surface area contributed by atoms with E-state index in [0.29, 0.717) is 12.8 Å². The van der Waals surface area contributed by atoms with Gasteiger partial charge in [0.25, 0.3) is 0 Å². The Morgan fingerprint density at radius 3 is 1.05 bits per heavy atom. The van der Waals surface area contributed by atoms with Gasteiger partial charge in [-0.15, -0.1) is 0 Å². The average molecular weight is 547 g/mol. The number of carbonyl (C=O) groups is 2. The van der Waals surface area contributed by atoms with E-state index in [1.165, 1.54) is 22.3 Å². The molecule has 0 atom stereocenters. The Kier molecular flexibility index (Phi) is 8.19. The van der Waals surface area contributed by atoms with E-state index in [-0.39, 0.29) is 11.4 Å². The van der Waals surface area contributed by atoms with Crippen molar-refractivity contribution in [2.24, 2.45) is 0 Å². The van der Waals surface area contributed by atoms with Gasteiger partial charge in [-0.1, -0.05) is 27.7 Å². The molecule has 0 fully saturated rings. The van der Waals surface area contributed by atoms with Gasteiger partial charge in [0.05, 0.1) is 11.4 Å². The maximum Gasteiger partial charge on any atom is 0.352 e. The summed E-state index contributed by atoms with van der Waals surface area (Å²) in [6.45, 7) is 16.5. The first-order valence-corrected chi connectivity index (χ1v) is 14.3. The number of rotatable bonds is 11. The zero-order chi connectivity index (χ0) is 29.5. The summed E-state index contributed by atoms with van der Waals surface area (Å²) in [5, 5.41) is 19.3. The minimum Gasteiger partial charge on any atom is -0.477 e. The van der Waals surface area contributed by atoms with Crippen molar-refractivity contribution in [3.05, 3.63) is 78.7 Å². The smallest absolute Gasteiger partial charge is 0.352 e. The fraction of sp³-hybridized carbons (Fsp3) is 0.438. The van der Waals surface area contributed by atoms with Gasteiger partial charge in [0.15, 0.2) is 0 Å². The van der Waals surface area contributed by atoms with Crippen molar-refractivity contribution in [2.45, 2.75) is 93.9 Å². The molecule has 0 saturated carbocycles. The number of aromatic carboxylic acids is 2. The van der Waals surface area contributed by atoms with Crippen LogP contribution in [0, 0.1) is 27.7 Å². The number of carboxylic acid groups (broad SMARTS) is 2. The maximum absolute atomic E-state index is 11.8. The van der Waals surface area contributed by atoms with Gasteiger partial charge in [0.2, 0.25) is 0 Å². The van der Waals surface area contributed by atoms with Gasteiger partial charge in [-0.3, -0.25) is 0 Å². The summed E-state index contributed by atoms with van der Waals surface area (Å²) in [6.07, 6.45) is 4.45. The SMILES string of the molecule is CCc1c(Cc2[nH]c(-c3[nH]c(Cc4[nH]c(C(=O)O)c(C)c4CC)c(CC)c3C)c(C)c2CC)[nH]c(C(=O)O)c1C. The van der Waals surface area contributed by atoms with Crippen LogP contribution < -0.4 is 0 Å². The number of nitrogens with one attached hydrogen (secondary N) is 4. The van der Waals surface area contributed by atoms with E-state index in [1.807, 2.05) is 13.8 Å². The number of aromatic amines is 4. The first-order chi connectivity index (χ1) is 19.0. The van der Waals surface area contributed by atoms with Crippen LogP contribution in [0.25, 0.3) is 11.4 Å². The molecular weight excluding hydrogens is 504 g/mol. The highest BCUT2D eigenvalue weighted by Crippen LogP contribution is 2.35. The molecular formula is C32H42N4O4. The van der Waals surface area contributed by atoms with Crippen LogP contribution in [0.1, 0.15) is 116 Å². The van der Waals surface area contributed by atoms with E-state index in [0.717, 1.165) is 82.1 Å². The summed E-state index contributed by atoms with van der Waals surface area (Å²) in [4.78, 5) is 37.3. The van der Waals surface area contributed by atoms with Gasteiger partial charge >= 0.3 is 11.9 Å². The lowest BCUT2D eigenvalue weighted by Crippen LogP contribution is -2.00. The minimum atomic E-state index is -0.932. The molecule has 0 amide bonds. The van der Waals surface area contributed by atoms with Crippen LogP contribution in [0.2, 0.25) is 0 Å². The molecule has 4 heterocycles. The van der Waals surface area contributed by atoms with E-state index in [9.17, 15) is 19.8 Å². The van der Waals surface area contributed by atoms with Crippen LogP contribution in [-0.2, 0) is 38.5 Å². The molecule has 0 spiro atoms. The van der Waals surface area contributed by atoms with Crippen molar-refractivity contribution in [3.63, 3.8) is 0 Å². The molecule has 0 aliphatic heterocycles. The first kappa shape index (κ1) is 29.1. The van der Waals surface area contributed by atoms with E-state index in [4.69, 9.17) is 0 Å². The van der Waals surface area contributed by atoms with Crippen molar-refractivity contribution in [1.82, 2.24) is 19.9 Å². The Bertz CT molecular complexity index is 1470. The Hall–Kier alpha value is -3.94. The molecule has 8 nitrogen and oxygen atoms in total. The van der Waals surface area contributed by atoms with Crippen molar-refractivity contribution in [1.29, 1.82) is 0 Å². The zero-order valence-electron chi connectivity index (χ0n) is 25.0. The quantitative estimate of drug-likeness (QED) is 0.124.